The fraction of sp³-hybridized carbons (Fsp3) is 0.200. The van der Waals surface area contributed by atoms with E-state index in [1.165, 1.54) is 0 Å². The number of nitrogens with zero attached hydrogens (tertiary/aromatic N) is 1. The molecule has 1 amide bonds. The van der Waals surface area contributed by atoms with Crippen molar-refractivity contribution in [2.45, 2.75) is 18.9 Å². The van der Waals surface area contributed by atoms with Crippen LogP contribution in [-0.4, -0.2) is 22.7 Å². The Bertz CT molecular complexity index is 830. The van der Waals surface area contributed by atoms with E-state index in [-0.39, 0.29) is 12.3 Å². The standard InChI is InChI=1S/C20H20N2O3/c1-15-12-18(25-22-15)19(23)21-14-20(24,17-10-6-3-7-11-17)13-16-8-4-2-5-9-16/h2-12,24H,13-14H2,1H3,(H,21,23)/t20-/m0/s1. The number of hydrogen-bond donors (Lipinski definition) is 2. The first kappa shape index (κ1) is 16.9. The molecule has 0 aliphatic rings. The zero-order chi connectivity index (χ0) is 17.7. The van der Waals surface area contributed by atoms with Gasteiger partial charge in [0.05, 0.1) is 12.2 Å². The second-order valence-corrected chi connectivity index (χ2v) is 6.08. The molecule has 5 heteroatoms. The Balaban J connectivity index is 1.80. The Morgan fingerprint density at radius 3 is 2.36 bits per heavy atom. The van der Waals surface area contributed by atoms with E-state index >= 15 is 0 Å². The molecule has 3 aromatic rings. The molecule has 1 heterocycles. The molecule has 0 fully saturated rings. The minimum absolute atomic E-state index is 0.0600. The van der Waals surface area contributed by atoms with E-state index in [1.54, 1.807) is 13.0 Å². The number of carbonyl (C=O) groups is 1. The minimum Gasteiger partial charge on any atom is -0.383 e. The Kier molecular flexibility index (Phi) is 4.95. The van der Waals surface area contributed by atoms with Crippen LogP contribution < -0.4 is 5.32 Å². The number of benzene rings is 2. The number of amides is 1. The maximum Gasteiger partial charge on any atom is 0.290 e. The number of aliphatic hydroxyl groups is 1. The molecule has 1 atom stereocenters. The summed E-state index contributed by atoms with van der Waals surface area (Å²) >= 11 is 0. The van der Waals surface area contributed by atoms with Crippen molar-refractivity contribution in [1.29, 1.82) is 0 Å². The Morgan fingerprint density at radius 1 is 1.12 bits per heavy atom. The molecule has 0 unspecified atom stereocenters. The maximum atomic E-state index is 12.2. The van der Waals surface area contributed by atoms with Crippen molar-refractivity contribution in [3.63, 3.8) is 0 Å². The van der Waals surface area contributed by atoms with E-state index in [9.17, 15) is 9.90 Å². The van der Waals surface area contributed by atoms with Gasteiger partial charge in [0.2, 0.25) is 5.76 Å². The summed E-state index contributed by atoms with van der Waals surface area (Å²) in [7, 11) is 0. The predicted octanol–water partition coefficient (Wildman–Crippen LogP) is 2.84. The third-order valence-electron chi connectivity index (χ3n) is 4.04. The zero-order valence-electron chi connectivity index (χ0n) is 14.0. The molecular weight excluding hydrogens is 316 g/mol. The van der Waals surface area contributed by atoms with Crippen molar-refractivity contribution in [3.05, 3.63) is 89.3 Å². The highest BCUT2D eigenvalue weighted by atomic mass is 16.5. The molecule has 0 aliphatic heterocycles. The van der Waals surface area contributed by atoms with Gasteiger partial charge in [0, 0.05) is 12.5 Å². The summed E-state index contributed by atoms with van der Waals surface area (Å²) < 4.78 is 4.97. The van der Waals surface area contributed by atoms with Gasteiger partial charge < -0.3 is 14.9 Å². The average Bonchev–Trinajstić information content (AvgIpc) is 3.08. The van der Waals surface area contributed by atoms with Gasteiger partial charge in [-0.3, -0.25) is 4.79 Å². The largest absolute Gasteiger partial charge is 0.383 e. The molecule has 25 heavy (non-hydrogen) atoms. The lowest BCUT2D eigenvalue weighted by molar-refractivity contribution is 0.0347. The highest BCUT2D eigenvalue weighted by Crippen LogP contribution is 2.25. The molecule has 3 rings (SSSR count). The molecule has 1 aromatic heterocycles. The smallest absolute Gasteiger partial charge is 0.290 e. The number of aromatic nitrogens is 1. The summed E-state index contributed by atoms with van der Waals surface area (Å²) in [6, 6.07) is 20.6. The molecule has 0 spiro atoms. The van der Waals surface area contributed by atoms with E-state index in [0.717, 1.165) is 11.1 Å². The van der Waals surface area contributed by atoms with Gasteiger partial charge in [-0.25, -0.2) is 0 Å². The van der Waals surface area contributed by atoms with Crippen LogP contribution in [0.15, 0.2) is 71.3 Å². The third-order valence-corrected chi connectivity index (χ3v) is 4.04. The van der Waals surface area contributed by atoms with Crippen molar-refractivity contribution in [2.75, 3.05) is 6.54 Å². The fourth-order valence-electron chi connectivity index (χ4n) is 2.73. The van der Waals surface area contributed by atoms with Crippen LogP contribution in [0, 0.1) is 6.92 Å². The highest BCUT2D eigenvalue weighted by molar-refractivity contribution is 5.91. The molecule has 2 N–H and O–H groups in total. The van der Waals surface area contributed by atoms with Gasteiger partial charge >= 0.3 is 0 Å². The minimum atomic E-state index is -1.23. The molecule has 0 saturated carbocycles. The van der Waals surface area contributed by atoms with E-state index in [0.29, 0.717) is 12.1 Å². The first-order chi connectivity index (χ1) is 12.1. The van der Waals surface area contributed by atoms with Crippen molar-refractivity contribution in [1.82, 2.24) is 10.5 Å². The van der Waals surface area contributed by atoms with Crippen molar-refractivity contribution in [3.8, 4) is 0 Å². The second-order valence-electron chi connectivity index (χ2n) is 6.08. The van der Waals surface area contributed by atoms with Gasteiger partial charge in [0.1, 0.15) is 5.60 Å². The molecule has 0 saturated heterocycles. The van der Waals surface area contributed by atoms with Gasteiger partial charge in [-0.15, -0.1) is 0 Å². The summed E-state index contributed by atoms with van der Waals surface area (Å²) in [6.07, 6.45) is 0.383. The molecule has 128 valence electrons. The highest BCUT2D eigenvalue weighted by Gasteiger charge is 2.30. The van der Waals surface area contributed by atoms with Gasteiger partial charge in [-0.05, 0) is 18.1 Å². The lowest BCUT2D eigenvalue weighted by Crippen LogP contribution is -2.42. The van der Waals surface area contributed by atoms with Crippen LogP contribution in [0.2, 0.25) is 0 Å². The van der Waals surface area contributed by atoms with Crippen LogP contribution >= 0.6 is 0 Å². The van der Waals surface area contributed by atoms with E-state index in [1.807, 2.05) is 60.7 Å². The fourth-order valence-corrected chi connectivity index (χ4v) is 2.73. The number of hydrogen-bond acceptors (Lipinski definition) is 4. The topological polar surface area (TPSA) is 75.4 Å². The lowest BCUT2D eigenvalue weighted by atomic mass is 9.87. The summed E-state index contributed by atoms with van der Waals surface area (Å²) in [6.45, 7) is 1.81. The Hall–Kier alpha value is -2.92. The summed E-state index contributed by atoms with van der Waals surface area (Å²) in [5.41, 5.74) is 1.13. The zero-order valence-corrected chi connectivity index (χ0v) is 14.0. The van der Waals surface area contributed by atoms with Crippen LogP contribution in [0.3, 0.4) is 0 Å². The first-order valence-corrected chi connectivity index (χ1v) is 8.10. The molecule has 0 radical (unpaired) electrons. The average molecular weight is 336 g/mol. The van der Waals surface area contributed by atoms with Crippen LogP contribution in [0.25, 0.3) is 0 Å². The summed E-state index contributed by atoms with van der Waals surface area (Å²) in [4.78, 5) is 12.2. The Morgan fingerprint density at radius 2 is 1.76 bits per heavy atom. The molecule has 5 nitrogen and oxygen atoms in total. The van der Waals surface area contributed by atoms with Crippen molar-refractivity contribution < 1.29 is 14.4 Å². The van der Waals surface area contributed by atoms with E-state index in [2.05, 4.69) is 10.5 Å². The Labute approximate surface area is 146 Å². The molecule has 0 bridgehead atoms. The van der Waals surface area contributed by atoms with Crippen molar-refractivity contribution >= 4 is 5.91 Å². The van der Waals surface area contributed by atoms with Crippen LogP contribution in [0.5, 0.6) is 0 Å². The molecular formula is C20H20N2O3. The normalized spacial score (nSPS) is 13.2. The van der Waals surface area contributed by atoms with E-state index < -0.39 is 11.5 Å². The summed E-state index contributed by atoms with van der Waals surface area (Å²) in [5, 5.41) is 17.7. The monoisotopic (exact) mass is 336 g/mol. The number of aryl methyl sites for hydroxylation is 1. The van der Waals surface area contributed by atoms with Gasteiger partial charge in [0.25, 0.3) is 5.91 Å². The quantitative estimate of drug-likeness (QED) is 0.726. The number of carbonyl (C=O) groups excluding carboxylic acids is 1. The van der Waals surface area contributed by atoms with Crippen LogP contribution in [0.4, 0.5) is 0 Å². The maximum absolute atomic E-state index is 12.2. The number of nitrogens with one attached hydrogen (secondary N) is 1. The van der Waals surface area contributed by atoms with Gasteiger partial charge in [0.15, 0.2) is 0 Å². The van der Waals surface area contributed by atoms with Crippen LogP contribution in [-0.2, 0) is 12.0 Å². The van der Waals surface area contributed by atoms with Gasteiger partial charge in [-0.2, -0.15) is 0 Å². The first-order valence-electron chi connectivity index (χ1n) is 8.10. The lowest BCUT2D eigenvalue weighted by Gasteiger charge is -2.29. The molecule has 2 aromatic carbocycles. The number of rotatable bonds is 6. The van der Waals surface area contributed by atoms with E-state index in [4.69, 9.17) is 4.52 Å². The van der Waals surface area contributed by atoms with Crippen molar-refractivity contribution in [2.24, 2.45) is 0 Å². The van der Waals surface area contributed by atoms with Gasteiger partial charge in [-0.1, -0.05) is 65.8 Å². The summed E-state index contributed by atoms with van der Waals surface area (Å²) in [5.74, 6) is -0.268. The third kappa shape index (κ3) is 4.14. The second kappa shape index (κ2) is 7.32. The SMILES string of the molecule is Cc1cc(C(=O)NC[C@@](O)(Cc2ccccc2)c2ccccc2)on1. The van der Waals surface area contributed by atoms with Crippen LogP contribution in [0.1, 0.15) is 27.4 Å². The predicted molar refractivity (Wildman–Crippen MR) is 94.1 cm³/mol. The molecule has 0 aliphatic carbocycles.